The van der Waals surface area contributed by atoms with Crippen LogP contribution in [-0.4, -0.2) is 9.97 Å². The molecule has 66 valence electrons. The lowest BCUT2D eigenvalue weighted by Crippen LogP contribution is -1.78. The molecule has 0 aliphatic carbocycles. The van der Waals surface area contributed by atoms with Crippen molar-refractivity contribution in [2.45, 2.75) is 13.3 Å². The number of aromatic nitrogens is 2. The van der Waals surface area contributed by atoms with Gasteiger partial charge in [-0.2, -0.15) is 0 Å². The number of hydrogen-bond acceptors (Lipinski definition) is 3. The molecular formula is C10H10N2S. The molecule has 0 N–H and O–H groups in total. The summed E-state index contributed by atoms with van der Waals surface area (Å²) >= 11 is 1.71. The first-order valence-corrected chi connectivity index (χ1v) is 5.08. The van der Waals surface area contributed by atoms with E-state index in [4.69, 9.17) is 0 Å². The van der Waals surface area contributed by atoms with E-state index in [9.17, 15) is 0 Å². The Kier molecular flexibility index (Phi) is 2.36. The molecule has 0 saturated carbocycles. The van der Waals surface area contributed by atoms with E-state index in [1.165, 1.54) is 4.88 Å². The van der Waals surface area contributed by atoms with Crippen molar-refractivity contribution in [3.8, 4) is 10.7 Å². The summed E-state index contributed by atoms with van der Waals surface area (Å²) in [5.41, 5.74) is 0.965. The quantitative estimate of drug-likeness (QED) is 0.727. The van der Waals surface area contributed by atoms with Gasteiger partial charge in [0.1, 0.15) is 5.01 Å². The van der Waals surface area contributed by atoms with Crippen molar-refractivity contribution in [1.29, 1.82) is 0 Å². The summed E-state index contributed by atoms with van der Waals surface area (Å²) in [4.78, 5) is 9.86. The van der Waals surface area contributed by atoms with E-state index in [-0.39, 0.29) is 0 Å². The highest BCUT2D eigenvalue weighted by atomic mass is 32.1. The molecule has 2 nitrogen and oxygen atoms in total. The molecule has 0 aliphatic rings. The lowest BCUT2D eigenvalue weighted by Gasteiger charge is -1.91. The van der Waals surface area contributed by atoms with Gasteiger partial charge < -0.3 is 0 Å². The smallest absolute Gasteiger partial charge is 0.142 e. The lowest BCUT2D eigenvalue weighted by atomic mass is 10.4. The summed E-state index contributed by atoms with van der Waals surface area (Å²) < 4.78 is 0. The Labute approximate surface area is 81.3 Å². The van der Waals surface area contributed by atoms with Crippen LogP contribution in [0, 0.1) is 0 Å². The summed E-state index contributed by atoms with van der Waals surface area (Å²) in [6, 6.07) is 5.88. The van der Waals surface area contributed by atoms with Gasteiger partial charge in [0.2, 0.25) is 0 Å². The monoisotopic (exact) mass is 190 g/mol. The number of rotatable bonds is 2. The van der Waals surface area contributed by atoms with Crippen molar-refractivity contribution >= 4 is 11.3 Å². The van der Waals surface area contributed by atoms with Gasteiger partial charge >= 0.3 is 0 Å². The van der Waals surface area contributed by atoms with Crippen LogP contribution in [0.15, 0.2) is 30.6 Å². The summed E-state index contributed by atoms with van der Waals surface area (Å²) in [6.07, 6.45) is 4.77. The molecule has 2 heterocycles. The van der Waals surface area contributed by atoms with Gasteiger partial charge in [0, 0.05) is 17.3 Å². The van der Waals surface area contributed by atoms with Crippen LogP contribution in [0.2, 0.25) is 0 Å². The zero-order chi connectivity index (χ0) is 9.10. The first-order valence-electron chi connectivity index (χ1n) is 4.26. The Hall–Kier alpha value is -1.22. The molecule has 0 amide bonds. The van der Waals surface area contributed by atoms with Crippen LogP contribution in [0.25, 0.3) is 10.7 Å². The average Bonchev–Trinajstić information content (AvgIpc) is 2.67. The number of hydrogen-bond donors (Lipinski definition) is 0. The Morgan fingerprint density at radius 2 is 2.23 bits per heavy atom. The molecule has 0 bridgehead atoms. The third-order valence-corrected chi connectivity index (χ3v) is 2.95. The van der Waals surface area contributed by atoms with Gasteiger partial charge in [-0.05, 0) is 18.6 Å². The highest BCUT2D eigenvalue weighted by Gasteiger charge is 2.02. The van der Waals surface area contributed by atoms with E-state index in [1.54, 1.807) is 17.5 Å². The Balaban J connectivity index is 2.36. The van der Waals surface area contributed by atoms with E-state index >= 15 is 0 Å². The Morgan fingerprint density at radius 1 is 1.31 bits per heavy atom. The fourth-order valence-corrected chi connectivity index (χ4v) is 1.91. The van der Waals surface area contributed by atoms with Crippen LogP contribution in [0.5, 0.6) is 0 Å². The topological polar surface area (TPSA) is 25.8 Å². The number of aryl methyl sites for hydroxylation is 1. The zero-order valence-electron chi connectivity index (χ0n) is 7.40. The lowest BCUT2D eigenvalue weighted by molar-refractivity contribution is 1.17. The fraction of sp³-hybridized carbons (Fsp3) is 0.200. The first-order chi connectivity index (χ1) is 6.40. The van der Waals surface area contributed by atoms with E-state index < -0.39 is 0 Å². The van der Waals surface area contributed by atoms with E-state index in [0.29, 0.717) is 0 Å². The highest BCUT2D eigenvalue weighted by molar-refractivity contribution is 7.14. The summed E-state index contributed by atoms with van der Waals surface area (Å²) in [6.45, 7) is 2.13. The van der Waals surface area contributed by atoms with E-state index in [0.717, 1.165) is 17.1 Å². The van der Waals surface area contributed by atoms with Gasteiger partial charge in [-0.25, -0.2) is 4.98 Å². The number of thiazole rings is 1. The molecule has 0 aromatic carbocycles. The van der Waals surface area contributed by atoms with Crippen LogP contribution < -0.4 is 0 Å². The molecular weight excluding hydrogens is 180 g/mol. The van der Waals surface area contributed by atoms with Gasteiger partial charge in [-0.3, -0.25) is 4.98 Å². The van der Waals surface area contributed by atoms with Gasteiger partial charge in [-0.15, -0.1) is 11.3 Å². The van der Waals surface area contributed by atoms with E-state index in [2.05, 4.69) is 16.9 Å². The average molecular weight is 190 g/mol. The molecule has 0 fully saturated rings. The SMILES string of the molecule is CCc1cnc(-c2ccccn2)s1. The summed E-state index contributed by atoms with van der Waals surface area (Å²) in [5, 5.41) is 1.01. The zero-order valence-corrected chi connectivity index (χ0v) is 8.21. The van der Waals surface area contributed by atoms with Crippen molar-refractivity contribution in [2.75, 3.05) is 0 Å². The third-order valence-electron chi connectivity index (χ3n) is 1.79. The molecule has 3 heteroatoms. The second kappa shape index (κ2) is 3.66. The Bertz CT molecular complexity index is 381. The number of pyridine rings is 1. The van der Waals surface area contributed by atoms with Crippen LogP contribution in [0.4, 0.5) is 0 Å². The maximum atomic E-state index is 4.31. The van der Waals surface area contributed by atoms with Crippen LogP contribution in [0.1, 0.15) is 11.8 Å². The van der Waals surface area contributed by atoms with Crippen molar-refractivity contribution in [3.63, 3.8) is 0 Å². The van der Waals surface area contributed by atoms with Gasteiger partial charge in [-0.1, -0.05) is 13.0 Å². The van der Waals surface area contributed by atoms with Crippen molar-refractivity contribution in [3.05, 3.63) is 35.5 Å². The largest absolute Gasteiger partial charge is 0.254 e. The van der Waals surface area contributed by atoms with Crippen LogP contribution >= 0.6 is 11.3 Å². The van der Waals surface area contributed by atoms with Crippen LogP contribution in [-0.2, 0) is 6.42 Å². The third kappa shape index (κ3) is 1.75. The van der Waals surface area contributed by atoms with Gasteiger partial charge in [0.05, 0.1) is 5.69 Å². The Morgan fingerprint density at radius 3 is 2.85 bits per heavy atom. The first kappa shape index (κ1) is 8.38. The predicted octanol–water partition coefficient (Wildman–Crippen LogP) is 2.77. The number of nitrogens with zero attached hydrogens (tertiary/aromatic N) is 2. The molecule has 0 saturated heterocycles. The van der Waals surface area contributed by atoms with Crippen molar-refractivity contribution in [2.24, 2.45) is 0 Å². The van der Waals surface area contributed by atoms with Crippen molar-refractivity contribution in [1.82, 2.24) is 9.97 Å². The maximum Gasteiger partial charge on any atom is 0.142 e. The molecule has 0 radical (unpaired) electrons. The molecule has 2 aromatic rings. The molecule has 0 spiro atoms. The standard InChI is InChI=1S/C10H10N2S/c1-2-8-7-12-10(13-8)9-5-3-4-6-11-9/h3-7H,2H2,1H3. The molecule has 0 aliphatic heterocycles. The minimum atomic E-state index is 0.965. The second-order valence-electron chi connectivity index (χ2n) is 2.70. The van der Waals surface area contributed by atoms with Crippen LogP contribution in [0.3, 0.4) is 0 Å². The van der Waals surface area contributed by atoms with E-state index in [1.807, 2.05) is 24.4 Å². The molecule has 2 rings (SSSR count). The molecule has 0 atom stereocenters. The van der Waals surface area contributed by atoms with Gasteiger partial charge in [0.15, 0.2) is 0 Å². The van der Waals surface area contributed by atoms with Crippen molar-refractivity contribution < 1.29 is 0 Å². The second-order valence-corrected chi connectivity index (χ2v) is 3.82. The molecule has 13 heavy (non-hydrogen) atoms. The minimum absolute atomic E-state index is 0.965. The minimum Gasteiger partial charge on any atom is -0.254 e. The normalized spacial score (nSPS) is 10.2. The molecule has 0 unspecified atom stereocenters. The summed E-state index contributed by atoms with van der Waals surface area (Å²) in [5.74, 6) is 0. The predicted molar refractivity (Wildman–Crippen MR) is 54.7 cm³/mol. The fourth-order valence-electron chi connectivity index (χ4n) is 1.08. The molecule has 2 aromatic heterocycles. The van der Waals surface area contributed by atoms with Gasteiger partial charge in [0.25, 0.3) is 0 Å². The summed E-state index contributed by atoms with van der Waals surface area (Å²) in [7, 11) is 0. The highest BCUT2D eigenvalue weighted by Crippen LogP contribution is 2.22. The maximum absolute atomic E-state index is 4.31.